The summed E-state index contributed by atoms with van der Waals surface area (Å²) in [5.74, 6) is -1.79. The lowest BCUT2D eigenvalue weighted by Gasteiger charge is -2.22. The molecule has 0 spiro atoms. The molecule has 2 N–H and O–H groups in total. The number of hydrogen-bond acceptors (Lipinski definition) is 3. The molecule has 7 heteroatoms. The summed E-state index contributed by atoms with van der Waals surface area (Å²) < 4.78 is 13.6. The molecule has 4 amide bonds. The van der Waals surface area contributed by atoms with Crippen LogP contribution in [0.3, 0.4) is 0 Å². The monoisotopic (exact) mass is 355 g/mol. The van der Waals surface area contributed by atoms with Crippen molar-refractivity contribution < 1.29 is 18.8 Å². The topological polar surface area (TPSA) is 78.5 Å². The lowest BCUT2D eigenvalue weighted by Crippen LogP contribution is -2.42. The maximum Gasteiger partial charge on any atom is 0.325 e. The normalized spacial score (nSPS) is 19.4. The van der Waals surface area contributed by atoms with Crippen molar-refractivity contribution >= 4 is 23.5 Å². The Labute approximate surface area is 150 Å². The average molecular weight is 355 g/mol. The van der Waals surface area contributed by atoms with Gasteiger partial charge in [-0.3, -0.25) is 14.5 Å². The molecule has 26 heavy (non-hydrogen) atoms. The summed E-state index contributed by atoms with van der Waals surface area (Å²) in [6, 6.07) is 12.2. The van der Waals surface area contributed by atoms with Crippen molar-refractivity contribution in [2.45, 2.75) is 19.4 Å². The van der Waals surface area contributed by atoms with Crippen molar-refractivity contribution in [1.82, 2.24) is 10.2 Å². The fourth-order valence-corrected chi connectivity index (χ4v) is 2.82. The molecule has 1 heterocycles. The van der Waals surface area contributed by atoms with Crippen LogP contribution >= 0.6 is 0 Å². The largest absolute Gasteiger partial charge is 0.325 e. The predicted molar refractivity (Wildman–Crippen MR) is 93.8 cm³/mol. The summed E-state index contributed by atoms with van der Waals surface area (Å²) in [7, 11) is 0. The number of hydrogen-bond donors (Lipinski definition) is 2. The van der Waals surface area contributed by atoms with E-state index < -0.39 is 35.7 Å². The number of para-hydroxylation sites is 1. The van der Waals surface area contributed by atoms with E-state index >= 15 is 0 Å². The Balaban J connectivity index is 1.76. The van der Waals surface area contributed by atoms with E-state index in [4.69, 9.17) is 0 Å². The molecular weight excluding hydrogens is 337 g/mol. The fourth-order valence-electron chi connectivity index (χ4n) is 2.82. The minimum Gasteiger partial charge on any atom is -0.322 e. The van der Waals surface area contributed by atoms with Crippen LogP contribution in [-0.4, -0.2) is 29.3 Å². The van der Waals surface area contributed by atoms with Crippen LogP contribution in [0, 0.1) is 12.7 Å². The van der Waals surface area contributed by atoms with Gasteiger partial charge in [-0.25, -0.2) is 9.18 Å². The molecule has 0 aromatic heterocycles. The zero-order valence-corrected chi connectivity index (χ0v) is 14.4. The van der Waals surface area contributed by atoms with E-state index in [1.807, 2.05) is 19.1 Å². The summed E-state index contributed by atoms with van der Waals surface area (Å²) in [6.45, 7) is 3.01. The van der Waals surface area contributed by atoms with E-state index in [0.29, 0.717) is 5.56 Å². The third-order valence-electron chi connectivity index (χ3n) is 4.35. The van der Waals surface area contributed by atoms with Gasteiger partial charge >= 0.3 is 6.03 Å². The Kier molecular flexibility index (Phi) is 4.46. The highest BCUT2D eigenvalue weighted by Crippen LogP contribution is 2.29. The molecule has 1 fully saturated rings. The first-order chi connectivity index (χ1) is 12.3. The first-order valence-corrected chi connectivity index (χ1v) is 8.07. The smallest absolute Gasteiger partial charge is 0.322 e. The number of amides is 4. The molecule has 3 rings (SSSR count). The number of carbonyl (C=O) groups excluding carboxylic acids is 3. The Bertz CT molecular complexity index is 882. The molecule has 0 aliphatic carbocycles. The number of rotatable bonds is 4. The maximum absolute atomic E-state index is 13.6. The first-order valence-electron chi connectivity index (χ1n) is 8.07. The Morgan fingerprint density at radius 1 is 1.15 bits per heavy atom. The highest BCUT2D eigenvalue weighted by Gasteiger charge is 2.49. The summed E-state index contributed by atoms with van der Waals surface area (Å²) in [4.78, 5) is 38.0. The molecule has 1 atom stereocenters. The SMILES string of the molecule is Cc1ccc([C@]2(C)NC(=O)N(CC(=O)Nc3ccccc3F)C2=O)cc1. The van der Waals surface area contributed by atoms with Crippen molar-refractivity contribution in [3.05, 3.63) is 65.5 Å². The van der Waals surface area contributed by atoms with Gasteiger partial charge in [-0.1, -0.05) is 42.0 Å². The van der Waals surface area contributed by atoms with Crippen LogP contribution in [0.2, 0.25) is 0 Å². The average Bonchev–Trinajstić information content (AvgIpc) is 2.82. The van der Waals surface area contributed by atoms with Gasteiger partial charge in [0.05, 0.1) is 5.69 Å². The van der Waals surface area contributed by atoms with E-state index in [2.05, 4.69) is 10.6 Å². The van der Waals surface area contributed by atoms with E-state index in [9.17, 15) is 18.8 Å². The zero-order chi connectivity index (χ0) is 18.9. The van der Waals surface area contributed by atoms with Gasteiger partial charge in [0.15, 0.2) is 0 Å². The van der Waals surface area contributed by atoms with E-state index in [1.165, 1.54) is 18.2 Å². The van der Waals surface area contributed by atoms with Gasteiger partial charge in [0.2, 0.25) is 5.91 Å². The molecule has 0 saturated carbocycles. The van der Waals surface area contributed by atoms with Crippen LogP contribution in [0.1, 0.15) is 18.1 Å². The molecule has 6 nitrogen and oxygen atoms in total. The van der Waals surface area contributed by atoms with Crippen LogP contribution in [0.15, 0.2) is 48.5 Å². The third kappa shape index (κ3) is 3.15. The van der Waals surface area contributed by atoms with E-state index in [-0.39, 0.29) is 5.69 Å². The Morgan fingerprint density at radius 3 is 2.46 bits per heavy atom. The number of urea groups is 1. The third-order valence-corrected chi connectivity index (χ3v) is 4.35. The standard InChI is InChI=1S/C19H18FN3O3/c1-12-7-9-13(10-8-12)19(2)17(25)23(18(26)22-19)11-16(24)21-15-6-4-3-5-14(15)20/h3-10H,11H2,1-2H3,(H,21,24)(H,22,26)/t19-/m0/s1. The molecule has 1 aliphatic heterocycles. The van der Waals surface area contributed by atoms with Gasteiger partial charge < -0.3 is 10.6 Å². The summed E-state index contributed by atoms with van der Waals surface area (Å²) >= 11 is 0. The number of anilines is 1. The number of carbonyl (C=O) groups is 3. The van der Waals surface area contributed by atoms with Gasteiger partial charge in [0.1, 0.15) is 17.9 Å². The van der Waals surface area contributed by atoms with Crippen molar-refractivity contribution in [2.24, 2.45) is 0 Å². The van der Waals surface area contributed by atoms with Crippen molar-refractivity contribution in [3.63, 3.8) is 0 Å². The molecular formula is C19H18FN3O3. The van der Waals surface area contributed by atoms with Gasteiger partial charge in [-0.2, -0.15) is 0 Å². The predicted octanol–water partition coefficient (Wildman–Crippen LogP) is 2.54. The molecule has 134 valence electrons. The summed E-state index contributed by atoms with van der Waals surface area (Å²) in [6.07, 6.45) is 0. The zero-order valence-electron chi connectivity index (χ0n) is 14.4. The molecule has 2 aromatic rings. The van der Waals surface area contributed by atoms with Gasteiger partial charge in [0.25, 0.3) is 5.91 Å². The van der Waals surface area contributed by atoms with Crippen LogP contribution < -0.4 is 10.6 Å². The molecule has 0 bridgehead atoms. The lowest BCUT2D eigenvalue weighted by molar-refractivity contribution is -0.133. The minimum atomic E-state index is -1.25. The molecule has 0 unspecified atom stereocenters. The Hall–Kier alpha value is -3.22. The fraction of sp³-hybridized carbons (Fsp3) is 0.211. The number of nitrogens with zero attached hydrogens (tertiary/aromatic N) is 1. The second kappa shape index (κ2) is 6.59. The summed E-state index contributed by atoms with van der Waals surface area (Å²) in [5.41, 5.74) is 0.392. The second-order valence-corrected chi connectivity index (χ2v) is 6.34. The molecule has 2 aromatic carbocycles. The molecule has 1 aliphatic rings. The van der Waals surface area contributed by atoms with Crippen molar-refractivity contribution in [2.75, 3.05) is 11.9 Å². The van der Waals surface area contributed by atoms with E-state index in [1.54, 1.807) is 25.1 Å². The Morgan fingerprint density at radius 2 is 1.81 bits per heavy atom. The number of imide groups is 1. The van der Waals surface area contributed by atoms with Crippen LogP contribution in [0.5, 0.6) is 0 Å². The molecule has 1 saturated heterocycles. The van der Waals surface area contributed by atoms with Crippen LogP contribution in [0.4, 0.5) is 14.9 Å². The quantitative estimate of drug-likeness (QED) is 0.828. The van der Waals surface area contributed by atoms with Crippen LogP contribution in [0.25, 0.3) is 0 Å². The lowest BCUT2D eigenvalue weighted by atomic mass is 9.91. The first kappa shape index (κ1) is 17.6. The summed E-state index contributed by atoms with van der Waals surface area (Å²) in [5, 5.41) is 4.99. The highest BCUT2D eigenvalue weighted by atomic mass is 19.1. The van der Waals surface area contributed by atoms with Crippen molar-refractivity contribution in [1.29, 1.82) is 0 Å². The van der Waals surface area contributed by atoms with Gasteiger partial charge in [-0.05, 0) is 31.5 Å². The van der Waals surface area contributed by atoms with Crippen molar-refractivity contribution in [3.8, 4) is 0 Å². The molecule has 0 radical (unpaired) electrons. The maximum atomic E-state index is 13.6. The van der Waals surface area contributed by atoms with Gasteiger partial charge in [-0.15, -0.1) is 0 Å². The number of benzene rings is 2. The van der Waals surface area contributed by atoms with Gasteiger partial charge in [0, 0.05) is 0 Å². The van der Waals surface area contributed by atoms with Crippen LogP contribution in [-0.2, 0) is 15.1 Å². The number of nitrogens with one attached hydrogen (secondary N) is 2. The number of aryl methyl sites for hydroxylation is 1. The van der Waals surface area contributed by atoms with E-state index in [0.717, 1.165) is 10.5 Å². The minimum absolute atomic E-state index is 0.00847. The highest BCUT2D eigenvalue weighted by molar-refractivity contribution is 6.10. The number of halogens is 1. The second-order valence-electron chi connectivity index (χ2n) is 6.34.